The molecular weight excluding hydrogens is 465 g/mol. The normalized spacial score (nSPS) is 13.0. The standard InChI is InChI=1S/C31H34NO3P/c1-23(35-27-19-17-26(18-20-27)31(32-2)36-3)33-21-22-34-30-28(24-11-6-4-7-12-24)15-10-16-29(30)25-13-8-5-9-14-25/h4-20,23,31-32,36H,21-22H2,1-3H3. The average molecular weight is 500 g/mol. The molecule has 4 aromatic rings. The van der Waals surface area contributed by atoms with Crippen LogP contribution in [0.3, 0.4) is 0 Å². The molecule has 0 aliphatic carbocycles. The number of benzene rings is 4. The topological polar surface area (TPSA) is 39.7 Å². The summed E-state index contributed by atoms with van der Waals surface area (Å²) in [6.45, 7) is 4.93. The van der Waals surface area contributed by atoms with Crippen molar-refractivity contribution in [2.24, 2.45) is 0 Å². The molecule has 1 N–H and O–H groups in total. The van der Waals surface area contributed by atoms with E-state index in [0.717, 1.165) is 42.3 Å². The summed E-state index contributed by atoms with van der Waals surface area (Å²) in [5.74, 6) is 2.03. The summed E-state index contributed by atoms with van der Waals surface area (Å²) in [5, 5.41) is 3.34. The van der Waals surface area contributed by atoms with Crippen molar-refractivity contribution in [1.29, 1.82) is 0 Å². The van der Waals surface area contributed by atoms with Gasteiger partial charge in [-0.25, -0.2) is 0 Å². The van der Waals surface area contributed by atoms with E-state index in [-0.39, 0.29) is 6.29 Å². The van der Waals surface area contributed by atoms with Gasteiger partial charge in [-0.1, -0.05) is 91.0 Å². The lowest BCUT2D eigenvalue weighted by Gasteiger charge is -2.19. The van der Waals surface area contributed by atoms with Crippen molar-refractivity contribution in [1.82, 2.24) is 5.32 Å². The zero-order valence-electron chi connectivity index (χ0n) is 21.1. The third-order valence-corrected chi connectivity index (χ3v) is 7.16. The molecule has 36 heavy (non-hydrogen) atoms. The Morgan fingerprint density at radius 3 is 1.83 bits per heavy atom. The number of hydrogen-bond acceptors (Lipinski definition) is 4. The maximum Gasteiger partial charge on any atom is 0.197 e. The first kappa shape index (κ1) is 25.9. The lowest BCUT2D eigenvalue weighted by molar-refractivity contribution is -0.0738. The molecule has 0 saturated heterocycles. The fourth-order valence-electron chi connectivity index (χ4n) is 4.18. The molecule has 5 heteroatoms. The van der Waals surface area contributed by atoms with Crippen LogP contribution >= 0.6 is 8.58 Å². The van der Waals surface area contributed by atoms with Crippen molar-refractivity contribution in [2.45, 2.75) is 19.0 Å². The third-order valence-electron chi connectivity index (χ3n) is 5.96. The van der Waals surface area contributed by atoms with Gasteiger partial charge in [-0.15, -0.1) is 8.58 Å². The van der Waals surface area contributed by atoms with Crippen LogP contribution in [-0.4, -0.2) is 33.2 Å². The molecule has 0 heterocycles. The van der Waals surface area contributed by atoms with Crippen molar-refractivity contribution in [2.75, 3.05) is 26.9 Å². The molecule has 4 nitrogen and oxygen atoms in total. The van der Waals surface area contributed by atoms with Crippen molar-refractivity contribution < 1.29 is 14.2 Å². The molecule has 0 radical (unpaired) electrons. The molecule has 0 aromatic heterocycles. The minimum atomic E-state index is -0.384. The summed E-state index contributed by atoms with van der Waals surface area (Å²) in [6.07, 6.45) is -0.384. The molecule has 0 saturated carbocycles. The highest BCUT2D eigenvalue weighted by Gasteiger charge is 2.14. The van der Waals surface area contributed by atoms with Crippen molar-refractivity contribution in [3.05, 3.63) is 109 Å². The second kappa shape index (κ2) is 13.2. The molecule has 3 atom stereocenters. The number of para-hydroxylation sites is 1. The van der Waals surface area contributed by atoms with Gasteiger partial charge in [0, 0.05) is 16.9 Å². The summed E-state index contributed by atoms with van der Waals surface area (Å²) < 4.78 is 18.2. The van der Waals surface area contributed by atoms with E-state index >= 15 is 0 Å². The van der Waals surface area contributed by atoms with Crippen LogP contribution in [0, 0.1) is 0 Å². The van der Waals surface area contributed by atoms with Gasteiger partial charge in [0.15, 0.2) is 6.29 Å². The van der Waals surface area contributed by atoms with E-state index in [0.29, 0.717) is 19.0 Å². The predicted octanol–water partition coefficient (Wildman–Crippen LogP) is 7.37. The van der Waals surface area contributed by atoms with Crippen LogP contribution < -0.4 is 14.8 Å². The molecule has 0 spiro atoms. The summed E-state index contributed by atoms with van der Waals surface area (Å²) in [4.78, 5) is 0. The minimum Gasteiger partial charge on any atom is -0.490 e. The van der Waals surface area contributed by atoms with Gasteiger partial charge in [-0.05, 0) is 49.5 Å². The van der Waals surface area contributed by atoms with Crippen molar-refractivity contribution in [3.8, 4) is 33.8 Å². The fourth-order valence-corrected chi connectivity index (χ4v) is 5.00. The quantitative estimate of drug-likeness (QED) is 0.126. The number of ether oxygens (including phenoxy) is 3. The van der Waals surface area contributed by atoms with Gasteiger partial charge < -0.3 is 19.5 Å². The monoisotopic (exact) mass is 499 g/mol. The molecule has 0 bridgehead atoms. The van der Waals surface area contributed by atoms with E-state index in [4.69, 9.17) is 14.2 Å². The van der Waals surface area contributed by atoms with Gasteiger partial charge in [0.1, 0.15) is 18.1 Å². The van der Waals surface area contributed by atoms with Gasteiger partial charge >= 0.3 is 0 Å². The van der Waals surface area contributed by atoms with Crippen LogP contribution in [0.5, 0.6) is 11.5 Å². The zero-order chi connectivity index (χ0) is 25.2. The number of hydrogen-bond donors (Lipinski definition) is 1. The summed E-state index contributed by atoms with van der Waals surface area (Å²) in [5.41, 5.74) is 5.63. The Hall–Kier alpha value is -3.17. The van der Waals surface area contributed by atoms with Gasteiger partial charge in [-0.3, -0.25) is 0 Å². The van der Waals surface area contributed by atoms with Crippen LogP contribution in [0.2, 0.25) is 0 Å². The Kier molecular flexibility index (Phi) is 9.52. The maximum atomic E-state index is 6.36. The van der Waals surface area contributed by atoms with Crippen LogP contribution in [0.25, 0.3) is 22.3 Å². The van der Waals surface area contributed by atoms with Crippen LogP contribution in [-0.2, 0) is 4.74 Å². The largest absolute Gasteiger partial charge is 0.490 e. The van der Waals surface area contributed by atoms with Gasteiger partial charge in [-0.2, -0.15) is 0 Å². The van der Waals surface area contributed by atoms with Gasteiger partial charge in [0.05, 0.1) is 6.61 Å². The maximum absolute atomic E-state index is 6.36. The van der Waals surface area contributed by atoms with Crippen molar-refractivity contribution in [3.63, 3.8) is 0 Å². The molecule has 4 aromatic carbocycles. The van der Waals surface area contributed by atoms with Crippen LogP contribution in [0.4, 0.5) is 0 Å². The second-order valence-corrected chi connectivity index (χ2v) is 9.55. The van der Waals surface area contributed by atoms with Crippen molar-refractivity contribution >= 4 is 8.58 Å². The summed E-state index contributed by atoms with van der Waals surface area (Å²) in [7, 11) is 2.79. The van der Waals surface area contributed by atoms with E-state index in [1.165, 1.54) is 5.56 Å². The average Bonchev–Trinajstić information content (AvgIpc) is 2.93. The minimum absolute atomic E-state index is 0.379. The smallest absolute Gasteiger partial charge is 0.197 e. The Morgan fingerprint density at radius 1 is 0.722 bits per heavy atom. The molecule has 0 fully saturated rings. The molecular formula is C31H34NO3P. The van der Waals surface area contributed by atoms with E-state index in [9.17, 15) is 0 Å². The molecule has 0 aliphatic rings. The number of nitrogens with one attached hydrogen (secondary N) is 1. The van der Waals surface area contributed by atoms with Gasteiger partial charge in [0.25, 0.3) is 0 Å². The first-order valence-electron chi connectivity index (χ1n) is 12.3. The van der Waals surface area contributed by atoms with Gasteiger partial charge in [0.2, 0.25) is 0 Å². The lowest BCUT2D eigenvalue weighted by atomic mass is 9.97. The Bertz CT molecular complexity index is 1140. The molecule has 4 rings (SSSR count). The summed E-state index contributed by atoms with van der Waals surface area (Å²) >= 11 is 0. The number of rotatable bonds is 12. The first-order valence-corrected chi connectivity index (χ1v) is 13.9. The fraction of sp³-hybridized carbons (Fsp3) is 0.226. The molecule has 0 amide bonds. The second-order valence-electron chi connectivity index (χ2n) is 8.40. The van der Waals surface area contributed by atoms with Crippen LogP contribution in [0.15, 0.2) is 103 Å². The Balaban J connectivity index is 1.40. The Morgan fingerprint density at radius 2 is 1.31 bits per heavy atom. The highest BCUT2D eigenvalue weighted by molar-refractivity contribution is 7.37. The first-order chi connectivity index (χ1) is 17.7. The lowest BCUT2D eigenvalue weighted by Crippen LogP contribution is -2.20. The molecule has 186 valence electrons. The zero-order valence-corrected chi connectivity index (χ0v) is 22.1. The summed E-state index contributed by atoms with van der Waals surface area (Å²) in [6, 6.07) is 35.1. The predicted molar refractivity (Wildman–Crippen MR) is 151 cm³/mol. The highest BCUT2D eigenvalue weighted by Crippen LogP contribution is 2.39. The van der Waals surface area contributed by atoms with E-state index in [1.807, 2.05) is 62.5 Å². The molecule has 0 aliphatic heterocycles. The highest BCUT2D eigenvalue weighted by atomic mass is 31.1. The third kappa shape index (κ3) is 6.73. The Labute approximate surface area is 216 Å². The van der Waals surface area contributed by atoms with E-state index < -0.39 is 0 Å². The molecule has 3 unspecified atom stereocenters. The van der Waals surface area contributed by atoms with Crippen LogP contribution in [0.1, 0.15) is 18.3 Å². The van der Waals surface area contributed by atoms with E-state index in [1.54, 1.807) is 0 Å². The SMILES string of the molecule is CNC(PC)c1ccc(OC(C)OCCOc2c(-c3ccccc3)cccc2-c2ccccc2)cc1. The van der Waals surface area contributed by atoms with E-state index in [2.05, 4.69) is 66.6 Å².